The Morgan fingerprint density at radius 3 is 2.74 bits per heavy atom. The van der Waals surface area contributed by atoms with Crippen molar-refractivity contribution >= 4 is 17.9 Å². The van der Waals surface area contributed by atoms with Crippen LogP contribution in [0.4, 0.5) is 14.6 Å². The van der Waals surface area contributed by atoms with Gasteiger partial charge >= 0.3 is 0 Å². The quantitative estimate of drug-likeness (QED) is 0.797. The summed E-state index contributed by atoms with van der Waals surface area (Å²) in [6, 6.07) is 6.47. The monoisotopic (exact) mass is 422 g/mol. The van der Waals surface area contributed by atoms with Crippen LogP contribution in [0.25, 0.3) is 0 Å². The normalized spacial score (nSPS) is 28.3. The fraction of sp³-hybridized carbons (Fsp3) is 0.409. The van der Waals surface area contributed by atoms with Gasteiger partial charge in [-0.1, -0.05) is 0 Å². The molecule has 2 heterocycles. The van der Waals surface area contributed by atoms with Gasteiger partial charge in [0.05, 0.1) is 11.5 Å². The number of anilines is 1. The minimum atomic E-state index is -0.659. The number of aromatic nitrogens is 2. The third-order valence-corrected chi connectivity index (χ3v) is 6.87. The Labute approximate surface area is 177 Å². The van der Waals surface area contributed by atoms with Crippen molar-refractivity contribution in [1.82, 2.24) is 15.0 Å². The predicted octanol–water partition coefficient (Wildman–Crippen LogP) is 3.41. The lowest BCUT2D eigenvalue weighted by molar-refractivity contribution is -0.184. The number of nitrogens with one attached hydrogen (secondary N) is 1. The molecule has 1 N–H and O–H groups in total. The van der Waals surface area contributed by atoms with Crippen molar-refractivity contribution in [3.05, 3.63) is 53.5 Å². The summed E-state index contributed by atoms with van der Waals surface area (Å²) in [7, 11) is 0. The van der Waals surface area contributed by atoms with Gasteiger partial charge in [-0.05, 0) is 48.8 Å². The lowest BCUT2D eigenvalue weighted by atomic mass is 9.42. The zero-order valence-electron chi connectivity index (χ0n) is 16.6. The first-order valence-electron chi connectivity index (χ1n) is 10.3. The fourth-order valence-corrected chi connectivity index (χ4v) is 5.25. The average molecular weight is 422 g/mol. The number of nitriles is 1. The van der Waals surface area contributed by atoms with E-state index in [4.69, 9.17) is 5.26 Å². The molecule has 2 fully saturated rings. The molecule has 2 saturated carbocycles. The average Bonchev–Trinajstić information content (AvgIpc) is 3.23. The van der Waals surface area contributed by atoms with Crippen molar-refractivity contribution in [3.63, 3.8) is 0 Å². The number of carbonyl (C=O) groups is 1. The third-order valence-electron chi connectivity index (χ3n) is 6.87. The van der Waals surface area contributed by atoms with Crippen LogP contribution < -0.4 is 5.32 Å². The van der Waals surface area contributed by atoms with Gasteiger partial charge in [-0.15, -0.1) is 0 Å². The first-order chi connectivity index (χ1) is 15.0. The molecule has 31 heavy (non-hydrogen) atoms. The van der Waals surface area contributed by atoms with E-state index in [0.29, 0.717) is 36.0 Å². The van der Waals surface area contributed by atoms with E-state index < -0.39 is 23.1 Å². The fourth-order valence-electron chi connectivity index (χ4n) is 5.25. The molecule has 0 radical (unpaired) electrons. The number of hydrazone groups is 1. The lowest BCUT2D eigenvalue weighted by Crippen LogP contribution is -2.64. The van der Waals surface area contributed by atoms with E-state index >= 15 is 0 Å². The predicted molar refractivity (Wildman–Crippen MR) is 108 cm³/mol. The zero-order valence-corrected chi connectivity index (χ0v) is 16.6. The van der Waals surface area contributed by atoms with Crippen molar-refractivity contribution in [2.45, 2.75) is 31.7 Å². The summed E-state index contributed by atoms with van der Waals surface area (Å²) >= 11 is 0. The number of rotatable bonds is 5. The first-order valence-corrected chi connectivity index (χ1v) is 10.3. The number of halogens is 2. The molecule has 0 saturated heterocycles. The van der Waals surface area contributed by atoms with Crippen LogP contribution in [0, 0.1) is 40.2 Å². The van der Waals surface area contributed by atoms with Crippen LogP contribution in [0.5, 0.6) is 0 Å². The van der Waals surface area contributed by atoms with Gasteiger partial charge in [0.15, 0.2) is 0 Å². The number of hydrogen-bond donors (Lipinski definition) is 1. The molecule has 2 aromatic rings. The molecule has 158 valence electrons. The Hall–Kier alpha value is -3.41. The van der Waals surface area contributed by atoms with E-state index in [1.165, 1.54) is 23.5 Å². The summed E-state index contributed by atoms with van der Waals surface area (Å²) in [5.41, 5.74) is 0.276. The second-order valence-electron chi connectivity index (χ2n) is 8.45. The van der Waals surface area contributed by atoms with Crippen LogP contribution in [0.1, 0.15) is 43.0 Å². The van der Waals surface area contributed by atoms with E-state index in [-0.39, 0.29) is 11.8 Å². The molecule has 9 heteroatoms. The maximum absolute atomic E-state index is 13.7. The molecule has 4 unspecified atom stereocenters. The summed E-state index contributed by atoms with van der Waals surface area (Å²) < 4.78 is 27.4. The van der Waals surface area contributed by atoms with Gasteiger partial charge in [0.1, 0.15) is 35.5 Å². The second-order valence-corrected chi connectivity index (χ2v) is 8.45. The highest BCUT2D eigenvalue weighted by Crippen LogP contribution is 2.65. The van der Waals surface area contributed by atoms with E-state index in [2.05, 4.69) is 20.4 Å². The summed E-state index contributed by atoms with van der Waals surface area (Å²) in [6.45, 7) is 0.656. The number of carbonyl (C=O) groups excluding carboxylic acids is 1. The maximum atomic E-state index is 13.7. The molecule has 5 rings (SSSR count). The Morgan fingerprint density at radius 2 is 2.06 bits per heavy atom. The van der Waals surface area contributed by atoms with Crippen molar-refractivity contribution in [3.8, 4) is 6.07 Å². The molecule has 1 aromatic carbocycles. The highest BCUT2D eigenvalue weighted by atomic mass is 19.1. The van der Waals surface area contributed by atoms with Crippen LogP contribution in [-0.4, -0.2) is 33.6 Å². The van der Waals surface area contributed by atoms with Gasteiger partial charge in [-0.25, -0.2) is 23.8 Å². The Morgan fingerprint density at radius 1 is 1.26 bits per heavy atom. The van der Waals surface area contributed by atoms with Crippen LogP contribution in [-0.2, 0) is 4.79 Å². The van der Waals surface area contributed by atoms with Gasteiger partial charge in [-0.3, -0.25) is 4.79 Å². The highest BCUT2D eigenvalue weighted by Gasteiger charge is 2.65. The topological polar surface area (TPSA) is 94.3 Å². The molecule has 3 aliphatic rings. The van der Waals surface area contributed by atoms with Gasteiger partial charge < -0.3 is 5.32 Å². The van der Waals surface area contributed by atoms with Crippen molar-refractivity contribution < 1.29 is 13.6 Å². The number of amides is 1. The maximum Gasteiger partial charge on any atom is 0.249 e. The number of nitrogens with zero attached hydrogens (tertiary/aromatic N) is 5. The van der Waals surface area contributed by atoms with E-state index in [1.54, 1.807) is 12.3 Å². The molecule has 0 bridgehead atoms. The molecule has 0 spiro atoms. The molecule has 7 nitrogen and oxygen atoms in total. The van der Waals surface area contributed by atoms with Crippen molar-refractivity contribution in [1.29, 1.82) is 5.26 Å². The van der Waals surface area contributed by atoms with Crippen LogP contribution in [0.15, 0.2) is 35.7 Å². The van der Waals surface area contributed by atoms with Crippen LogP contribution in [0.2, 0.25) is 0 Å². The minimum absolute atomic E-state index is 0.0581. The summed E-state index contributed by atoms with van der Waals surface area (Å²) in [5.74, 6) is -0.231. The van der Waals surface area contributed by atoms with Crippen LogP contribution >= 0.6 is 0 Å². The Balaban J connectivity index is 1.26. The number of hydrogen-bond acceptors (Lipinski definition) is 6. The minimum Gasteiger partial charge on any atom is -0.370 e. The number of fused-ring (bicyclic) bond motifs is 1. The smallest absolute Gasteiger partial charge is 0.249 e. The van der Waals surface area contributed by atoms with Crippen molar-refractivity contribution in [2.75, 3.05) is 11.9 Å². The first kappa shape index (κ1) is 19.5. The summed E-state index contributed by atoms with van der Waals surface area (Å²) in [4.78, 5) is 21.4. The SMILES string of the molecule is N#Cc1cc(NCC2CC3(C(=O)N4N=CCC4c4cc(F)cc(F)c4)CCC23)ncn1. The van der Waals surface area contributed by atoms with Gasteiger partial charge in [0, 0.05) is 31.3 Å². The third kappa shape index (κ3) is 3.23. The van der Waals surface area contributed by atoms with Gasteiger partial charge in [0.25, 0.3) is 0 Å². The summed E-state index contributed by atoms with van der Waals surface area (Å²) in [5, 5.41) is 17.9. The Bertz CT molecular complexity index is 1100. The lowest BCUT2D eigenvalue weighted by Gasteiger charge is -2.62. The number of benzene rings is 1. The van der Waals surface area contributed by atoms with Crippen LogP contribution in [0.3, 0.4) is 0 Å². The summed E-state index contributed by atoms with van der Waals surface area (Å²) in [6.07, 6.45) is 5.91. The Kier molecular flexibility index (Phi) is 4.65. The molecular weight excluding hydrogens is 402 g/mol. The highest BCUT2D eigenvalue weighted by molar-refractivity contribution is 5.87. The van der Waals surface area contributed by atoms with Crippen molar-refractivity contribution in [2.24, 2.45) is 22.4 Å². The molecule has 1 aromatic heterocycles. The van der Waals surface area contributed by atoms with E-state index in [9.17, 15) is 13.6 Å². The molecule has 1 amide bonds. The van der Waals surface area contributed by atoms with E-state index in [0.717, 1.165) is 25.3 Å². The molecule has 4 atom stereocenters. The zero-order chi connectivity index (χ0) is 21.6. The largest absolute Gasteiger partial charge is 0.370 e. The molecule has 1 aliphatic heterocycles. The standard InChI is InChI=1S/C22H20F2N6O/c23-15-5-13(6-16(24)7-15)19-2-4-29-30(19)21(31)22-3-1-18(22)14(9-22)11-26-20-8-17(10-25)27-12-28-20/h4-8,12,14,18-19H,1-3,9,11H2,(H,26,27,28). The van der Waals surface area contributed by atoms with E-state index in [1.807, 2.05) is 6.07 Å². The van der Waals surface area contributed by atoms with Gasteiger partial charge in [0.2, 0.25) is 5.91 Å². The molecule has 2 aliphatic carbocycles. The van der Waals surface area contributed by atoms with Gasteiger partial charge in [-0.2, -0.15) is 10.4 Å². The second kappa shape index (κ2) is 7.38. The molecular formula is C22H20F2N6O.